The number of carbonyl (C=O) groups excluding carboxylic acids is 1. The van der Waals surface area contributed by atoms with Gasteiger partial charge in [0.1, 0.15) is 0 Å². The molecule has 1 aromatic heterocycles. The van der Waals surface area contributed by atoms with E-state index in [9.17, 15) is 18.0 Å². The fraction of sp³-hybridized carbons (Fsp3) is 0.120. The summed E-state index contributed by atoms with van der Waals surface area (Å²) in [5.74, 6) is -0.751. The standard InChI is InChI=1S/C25H20F3N3O/c1-31-22(18-11-6-3-7-12-18)21(15-17-9-4-2-5-10-17)29-24(31)30-23(32)19-13-8-14-20(16-19)25(26,27)28/h2-14,16H,15H2,1H3,(H,29,30,32). The number of rotatable bonds is 4. The first kappa shape index (κ1) is 21.4. The summed E-state index contributed by atoms with van der Waals surface area (Å²) in [6.07, 6.45) is -3.96. The van der Waals surface area contributed by atoms with Crippen LogP contribution in [0.2, 0.25) is 0 Å². The third-order valence-corrected chi connectivity index (χ3v) is 5.12. The summed E-state index contributed by atoms with van der Waals surface area (Å²) in [5.41, 5.74) is 2.96. The van der Waals surface area contributed by atoms with Gasteiger partial charge in [-0.15, -0.1) is 0 Å². The Morgan fingerprint density at radius 3 is 2.25 bits per heavy atom. The molecular formula is C25H20F3N3O. The van der Waals surface area contributed by atoms with Crippen LogP contribution in [0.25, 0.3) is 11.3 Å². The molecule has 0 fully saturated rings. The van der Waals surface area contributed by atoms with Crippen molar-refractivity contribution in [1.29, 1.82) is 0 Å². The van der Waals surface area contributed by atoms with Gasteiger partial charge in [-0.25, -0.2) is 0 Å². The van der Waals surface area contributed by atoms with Crippen molar-refractivity contribution >= 4 is 5.91 Å². The van der Waals surface area contributed by atoms with Crippen LogP contribution < -0.4 is 5.62 Å². The van der Waals surface area contributed by atoms with Gasteiger partial charge in [-0.05, 0) is 23.8 Å². The van der Waals surface area contributed by atoms with Crippen LogP contribution in [0.4, 0.5) is 13.2 Å². The zero-order valence-electron chi connectivity index (χ0n) is 17.2. The number of imidazole rings is 1. The Morgan fingerprint density at radius 1 is 0.938 bits per heavy atom. The van der Waals surface area contributed by atoms with E-state index in [0.29, 0.717) is 6.42 Å². The van der Waals surface area contributed by atoms with Crippen molar-refractivity contribution in [2.75, 3.05) is 0 Å². The summed E-state index contributed by atoms with van der Waals surface area (Å²) in [5, 5.41) is 0. The lowest BCUT2D eigenvalue weighted by Crippen LogP contribution is -2.19. The van der Waals surface area contributed by atoms with Gasteiger partial charge in [-0.1, -0.05) is 66.7 Å². The number of H-pyrrole nitrogens is 1. The van der Waals surface area contributed by atoms with Gasteiger partial charge >= 0.3 is 6.18 Å². The molecule has 4 nitrogen and oxygen atoms in total. The van der Waals surface area contributed by atoms with E-state index in [2.05, 4.69) is 9.98 Å². The van der Waals surface area contributed by atoms with E-state index in [4.69, 9.17) is 0 Å². The molecule has 4 aromatic rings. The van der Waals surface area contributed by atoms with Gasteiger partial charge in [0, 0.05) is 30.3 Å². The zero-order chi connectivity index (χ0) is 22.7. The maximum atomic E-state index is 13.0. The van der Waals surface area contributed by atoms with Crippen molar-refractivity contribution in [2.24, 2.45) is 12.0 Å². The van der Waals surface area contributed by atoms with Crippen LogP contribution in [0.3, 0.4) is 0 Å². The van der Waals surface area contributed by atoms with Crippen molar-refractivity contribution in [2.45, 2.75) is 12.6 Å². The summed E-state index contributed by atoms with van der Waals surface area (Å²) in [6, 6.07) is 23.8. The molecule has 1 amide bonds. The minimum atomic E-state index is -4.53. The lowest BCUT2D eigenvalue weighted by atomic mass is 10.0. The number of benzene rings is 3. The van der Waals surface area contributed by atoms with Gasteiger partial charge in [0.15, 0.2) is 0 Å². The monoisotopic (exact) mass is 435 g/mol. The summed E-state index contributed by atoms with van der Waals surface area (Å²) < 4.78 is 40.8. The molecule has 0 aliphatic heterocycles. The molecule has 7 heteroatoms. The second-order valence-corrected chi connectivity index (χ2v) is 7.36. The Balaban J connectivity index is 1.79. The number of alkyl halides is 3. The Hall–Kier alpha value is -3.87. The lowest BCUT2D eigenvalue weighted by Gasteiger charge is -2.07. The fourth-order valence-electron chi connectivity index (χ4n) is 3.57. The molecule has 0 aliphatic rings. The summed E-state index contributed by atoms with van der Waals surface area (Å²) >= 11 is 0. The number of nitrogens with one attached hydrogen (secondary N) is 1. The van der Waals surface area contributed by atoms with E-state index in [1.165, 1.54) is 12.1 Å². The minimum Gasteiger partial charge on any atom is -0.327 e. The predicted molar refractivity (Wildman–Crippen MR) is 116 cm³/mol. The molecule has 0 unspecified atom stereocenters. The molecule has 0 bridgehead atoms. The van der Waals surface area contributed by atoms with Gasteiger partial charge in [0.25, 0.3) is 5.91 Å². The Labute approximate surface area is 182 Å². The third-order valence-electron chi connectivity index (χ3n) is 5.12. The van der Waals surface area contributed by atoms with Gasteiger partial charge in [-0.3, -0.25) is 4.79 Å². The highest BCUT2D eigenvalue weighted by atomic mass is 19.4. The molecule has 32 heavy (non-hydrogen) atoms. The second kappa shape index (κ2) is 8.70. The van der Waals surface area contributed by atoms with Crippen molar-refractivity contribution < 1.29 is 18.0 Å². The average molecular weight is 435 g/mol. The maximum absolute atomic E-state index is 13.0. The van der Waals surface area contributed by atoms with Gasteiger partial charge in [0.2, 0.25) is 5.62 Å². The molecule has 1 heterocycles. The number of carbonyl (C=O) groups is 1. The van der Waals surface area contributed by atoms with Crippen molar-refractivity contribution in [1.82, 2.24) is 9.55 Å². The maximum Gasteiger partial charge on any atom is 0.416 e. The first-order chi connectivity index (χ1) is 15.3. The highest BCUT2D eigenvalue weighted by Crippen LogP contribution is 2.29. The summed E-state index contributed by atoms with van der Waals surface area (Å²) in [4.78, 5) is 20.0. The quantitative estimate of drug-likeness (QED) is 0.460. The van der Waals surface area contributed by atoms with Gasteiger partial charge in [0.05, 0.1) is 11.3 Å². The third kappa shape index (κ3) is 4.56. The fourth-order valence-corrected chi connectivity index (χ4v) is 3.57. The largest absolute Gasteiger partial charge is 0.416 e. The predicted octanol–water partition coefficient (Wildman–Crippen LogP) is 5.37. The number of hydrogen-bond acceptors (Lipinski definition) is 1. The average Bonchev–Trinajstić information content (AvgIpc) is 3.09. The Bertz CT molecular complexity index is 1300. The first-order valence-corrected chi connectivity index (χ1v) is 9.96. The van der Waals surface area contributed by atoms with Gasteiger partial charge in [-0.2, -0.15) is 18.2 Å². The number of aromatic nitrogens is 2. The molecule has 0 aliphatic carbocycles. The van der Waals surface area contributed by atoms with E-state index in [1.54, 1.807) is 11.6 Å². The van der Waals surface area contributed by atoms with E-state index >= 15 is 0 Å². The smallest absolute Gasteiger partial charge is 0.327 e. The molecule has 0 saturated heterocycles. The van der Waals surface area contributed by atoms with Crippen molar-refractivity contribution in [3.05, 3.63) is 113 Å². The topological polar surface area (TPSA) is 50.1 Å². The summed E-state index contributed by atoms with van der Waals surface area (Å²) in [6.45, 7) is 0. The van der Waals surface area contributed by atoms with Crippen LogP contribution in [0, 0.1) is 0 Å². The molecule has 1 N–H and O–H groups in total. The van der Waals surface area contributed by atoms with Crippen molar-refractivity contribution in [3.63, 3.8) is 0 Å². The molecule has 0 radical (unpaired) electrons. The van der Waals surface area contributed by atoms with Crippen LogP contribution in [-0.2, 0) is 19.6 Å². The molecule has 0 atom stereocenters. The number of aromatic amines is 1. The highest BCUT2D eigenvalue weighted by Gasteiger charge is 2.30. The number of amides is 1. The van der Waals surface area contributed by atoms with E-state index in [0.717, 1.165) is 34.6 Å². The van der Waals surface area contributed by atoms with Crippen LogP contribution >= 0.6 is 0 Å². The highest BCUT2D eigenvalue weighted by molar-refractivity contribution is 5.95. The minimum absolute atomic E-state index is 0.125. The normalized spacial score (nSPS) is 12.2. The number of nitrogens with zero attached hydrogens (tertiary/aromatic N) is 2. The van der Waals surface area contributed by atoms with Crippen LogP contribution in [0.5, 0.6) is 0 Å². The lowest BCUT2D eigenvalue weighted by molar-refractivity contribution is -0.137. The van der Waals surface area contributed by atoms with Gasteiger partial charge < -0.3 is 9.55 Å². The molecule has 162 valence electrons. The Morgan fingerprint density at radius 2 is 1.59 bits per heavy atom. The van der Waals surface area contributed by atoms with E-state index in [1.807, 2.05) is 60.7 Å². The molecule has 4 rings (SSSR count). The molecule has 0 saturated carbocycles. The van der Waals surface area contributed by atoms with Crippen LogP contribution in [0.15, 0.2) is 89.9 Å². The second-order valence-electron chi connectivity index (χ2n) is 7.36. The molecular weight excluding hydrogens is 415 g/mol. The molecule has 3 aromatic carbocycles. The zero-order valence-corrected chi connectivity index (χ0v) is 17.2. The Kier molecular flexibility index (Phi) is 5.81. The van der Waals surface area contributed by atoms with E-state index < -0.39 is 17.6 Å². The van der Waals surface area contributed by atoms with Crippen LogP contribution in [-0.4, -0.2) is 15.5 Å². The van der Waals surface area contributed by atoms with Crippen LogP contribution in [0.1, 0.15) is 27.2 Å². The number of hydrogen-bond donors (Lipinski definition) is 1. The summed E-state index contributed by atoms with van der Waals surface area (Å²) in [7, 11) is 1.77. The van der Waals surface area contributed by atoms with E-state index in [-0.39, 0.29) is 11.2 Å². The first-order valence-electron chi connectivity index (χ1n) is 9.96. The molecule has 0 spiro atoms. The number of halogens is 3. The SMILES string of the molecule is Cn1c(-c2ccccc2)c(Cc2ccccc2)[nH]/c1=N\C(=O)c1cccc(C(F)(F)F)c1. The van der Waals surface area contributed by atoms with Crippen molar-refractivity contribution in [3.8, 4) is 11.3 Å².